The molecule has 5 nitrogen and oxygen atoms in total. The van der Waals surface area contributed by atoms with Crippen LogP contribution >= 0.6 is 35.6 Å². The molecule has 0 aliphatic carbocycles. The van der Waals surface area contributed by atoms with Crippen molar-refractivity contribution in [1.29, 1.82) is 0 Å². The van der Waals surface area contributed by atoms with Crippen molar-refractivity contribution in [2.75, 3.05) is 27.3 Å². The second-order valence-electron chi connectivity index (χ2n) is 5.61. The van der Waals surface area contributed by atoms with Gasteiger partial charge in [0.1, 0.15) is 0 Å². The summed E-state index contributed by atoms with van der Waals surface area (Å²) >= 11 is 6.18. The number of aliphatic imine (C=N–C) groups is 1. The molecule has 2 aromatic rings. The van der Waals surface area contributed by atoms with Crippen LogP contribution in [0.15, 0.2) is 47.5 Å². The highest BCUT2D eigenvalue weighted by Gasteiger charge is 2.06. The molecule has 0 bridgehead atoms. The van der Waals surface area contributed by atoms with Crippen LogP contribution in [0, 0.1) is 0 Å². The van der Waals surface area contributed by atoms with E-state index in [1.165, 1.54) is 0 Å². The third-order valence-corrected chi connectivity index (χ3v) is 4.22. The van der Waals surface area contributed by atoms with Gasteiger partial charge in [0, 0.05) is 25.2 Å². The summed E-state index contributed by atoms with van der Waals surface area (Å²) in [6.45, 7) is 3.94. The van der Waals surface area contributed by atoms with Crippen molar-refractivity contribution in [3.8, 4) is 11.5 Å². The van der Waals surface area contributed by atoms with Gasteiger partial charge in [-0.15, -0.1) is 24.0 Å². The summed E-state index contributed by atoms with van der Waals surface area (Å²) in [5.41, 5.74) is 2.20. The monoisotopic (exact) mass is 503 g/mol. The van der Waals surface area contributed by atoms with Crippen LogP contribution in [-0.4, -0.2) is 33.3 Å². The number of methoxy groups -OCH3 is 1. The fourth-order valence-corrected chi connectivity index (χ4v) is 2.75. The van der Waals surface area contributed by atoms with Gasteiger partial charge in [0.25, 0.3) is 0 Å². The van der Waals surface area contributed by atoms with E-state index >= 15 is 0 Å². The van der Waals surface area contributed by atoms with E-state index in [1.54, 1.807) is 14.2 Å². The summed E-state index contributed by atoms with van der Waals surface area (Å²) in [4.78, 5) is 4.25. The van der Waals surface area contributed by atoms with Gasteiger partial charge in [-0.05, 0) is 42.7 Å². The molecule has 0 unspecified atom stereocenters. The van der Waals surface area contributed by atoms with Crippen LogP contribution in [0.25, 0.3) is 0 Å². The van der Waals surface area contributed by atoms with Crippen LogP contribution < -0.4 is 20.1 Å². The van der Waals surface area contributed by atoms with E-state index in [0.717, 1.165) is 46.6 Å². The van der Waals surface area contributed by atoms with Gasteiger partial charge in [0.2, 0.25) is 0 Å². The molecule has 0 spiro atoms. The van der Waals surface area contributed by atoms with Gasteiger partial charge in [-0.2, -0.15) is 0 Å². The SMILES string of the molecule is CCOc1ccc(CNC(=NC)NCCc2ccccc2Cl)cc1OC.I. The fraction of sp³-hybridized carbons (Fsp3) is 0.350. The van der Waals surface area contributed by atoms with Crippen LogP contribution in [0.2, 0.25) is 5.02 Å². The highest BCUT2D eigenvalue weighted by atomic mass is 127. The summed E-state index contributed by atoms with van der Waals surface area (Å²) in [5, 5.41) is 7.39. The number of guanidine groups is 1. The molecule has 148 valence electrons. The van der Waals surface area contributed by atoms with Crippen molar-refractivity contribution in [3.05, 3.63) is 58.6 Å². The van der Waals surface area contributed by atoms with E-state index < -0.39 is 0 Å². The van der Waals surface area contributed by atoms with Crippen LogP contribution in [0.5, 0.6) is 11.5 Å². The zero-order valence-electron chi connectivity index (χ0n) is 15.9. The number of halogens is 2. The summed E-state index contributed by atoms with van der Waals surface area (Å²) in [6.07, 6.45) is 0.831. The van der Waals surface area contributed by atoms with Crippen LogP contribution in [0.4, 0.5) is 0 Å². The lowest BCUT2D eigenvalue weighted by molar-refractivity contribution is 0.310. The van der Waals surface area contributed by atoms with Gasteiger partial charge >= 0.3 is 0 Å². The topological polar surface area (TPSA) is 54.9 Å². The van der Waals surface area contributed by atoms with Gasteiger partial charge in [-0.1, -0.05) is 35.9 Å². The molecule has 0 radical (unpaired) electrons. The standard InChI is InChI=1S/C20H26ClN3O2.HI/c1-4-26-18-10-9-15(13-19(18)25-3)14-24-20(22-2)23-12-11-16-7-5-6-8-17(16)21;/h5-10,13H,4,11-12,14H2,1-3H3,(H2,22,23,24);1H. The second kappa shape index (κ2) is 12.7. The third kappa shape index (κ3) is 7.46. The molecular weight excluding hydrogens is 477 g/mol. The Bertz CT molecular complexity index is 741. The molecule has 27 heavy (non-hydrogen) atoms. The lowest BCUT2D eigenvalue weighted by atomic mass is 10.1. The van der Waals surface area contributed by atoms with Gasteiger partial charge in [-0.25, -0.2) is 0 Å². The maximum Gasteiger partial charge on any atom is 0.191 e. The molecule has 0 amide bonds. The molecule has 0 aromatic heterocycles. The Labute approximate surface area is 183 Å². The minimum absolute atomic E-state index is 0. The minimum atomic E-state index is 0. The van der Waals surface area contributed by atoms with Crippen molar-refractivity contribution in [2.45, 2.75) is 19.9 Å². The molecule has 0 atom stereocenters. The number of hydrogen-bond acceptors (Lipinski definition) is 3. The average Bonchev–Trinajstić information content (AvgIpc) is 2.67. The summed E-state index contributed by atoms with van der Waals surface area (Å²) in [7, 11) is 3.40. The Balaban J connectivity index is 0.00000364. The van der Waals surface area contributed by atoms with Gasteiger partial charge in [-0.3, -0.25) is 4.99 Å². The predicted octanol–water partition coefficient (Wildman–Crippen LogP) is 4.27. The van der Waals surface area contributed by atoms with Gasteiger partial charge in [0.05, 0.1) is 13.7 Å². The molecule has 2 aromatic carbocycles. The zero-order chi connectivity index (χ0) is 18.8. The molecule has 7 heteroatoms. The summed E-state index contributed by atoms with van der Waals surface area (Å²) in [6, 6.07) is 13.8. The number of benzene rings is 2. The molecule has 0 saturated carbocycles. The second-order valence-corrected chi connectivity index (χ2v) is 6.02. The van der Waals surface area contributed by atoms with Crippen molar-refractivity contribution < 1.29 is 9.47 Å². The number of rotatable bonds is 8. The third-order valence-electron chi connectivity index (χ3n) is 3.86. The van der Waals surface area contributed by atoms with E-state index in [1.807, 2.05) is 49.4 Å². The normalized spacial score (nSPS) is 10.7. The lowest BCUT2D eigenvalue weighted by Crippen LogP contribution is -2.37. The first kappa shape index (κ1) is 23.4. The Kier molecular flexibility index (Phi) is 11.0. The highest BCUT2D eigenvalue weighted by molar-refractivity contribution is 14.0. The quantitative estimate of drug-likeness (QED) is 0.321. The maximum absolute atomic E-state index is 6.18. The van der Waals surface area contributed by atoms with E-state index in [4.69, 9.17) is 21.1 Å². The molecule has 2 rings (SSSR count). The first-order valence-corrected chi connectivity index (χ1v) is 9.03. The number of ether oxygens (including phenoxy) is 2. The first-order valence-electron chi connectivity index (χ1n) is 8.65. The van der Waals surface area contributed by atoms with E-state index in [-0.39, 0.29) is 24.0 Å². The van der Waals surface area contributed by atoms with E-state index in [9.17, 15) is 0 Å². The average molecular weight is 504 g/mol. The lowest BCUT2D eigenvalue weighted by Gasteiger charge is -2.14. The predicted molar refractivity (Wildman–Crippen MR) is 123 cm³/mol. The van der Waals surface area contributed by atoms with Crippen LogP contribution in [0.1, 0.15) is 18.1 Å². The van der Waals surface area contributed by atoms with Crippen molar-refractivity contribution in [1.82, 2.24) is 10.6 Å². The molecular formula is C20H27ClIN3O2. The minimum Gasteiger partial charge on any atom is -0.493 e. The van der Waals surface area contributed by atoms with Crippen LogP contribution in [0.3, 0.4) is 0 Å². The Morgan fingerprint density at radius 3 is 2.56 bits per heavy atom. The van der Waals surface area contributed by atoms with E-state index in [2.05, 4.69) is 15.6 Å². The number of nitrogens with zero attached hydrogens (tertiary/aromatic N) is 1. The van der Waals surface area contributed by atoms with Crippen molar-refractivity contribution in [2.24, 2.45) is 4.99 Å². The van der Waals surface area contributed by atoms with Crippen LogP contribution in [-0.2, 0) is 13.0 Å². The smallest absolute Gasteiger partial charge is 0.191 e. The largest absolute Gasteiger partial charge is 0.493 e. The Hall–Kier alpha value is -1.67. The molecule has 2 N–H and O–H groups in total. The molecule has 0 fully saturated rings. The Morgan fingerprint density at radius 1 is 1.11 bits per heavy atom. The summed E-state index contributed by atoms with van der Waals surface area (Å²) in [5.74, 6) is 2.22. The van der Waals surface area contributed by atoms with Crippen molar-refractivity contribution in [3.63, 3.8) is 0 Å². The number of nitrogens with one attached hydrogen (secondary N) is 2. The number of hydrogen-bond donors (Lipinski definition) is 2. The van der Waals surface area contributed by atoms with Gasteiger partial charge < -0.3 is 20.1 Å². The zero-order valence-corrected chi connectivity index (χ0v) is 19.0. The van der Waals surface area contributed by atoms with Gasteiger partial charge in [0.15, 0.2) is 17.5 Å². The molecule has 0 saturated heterocycles. The Morgan fingerprint density at radius 2 is 1.89 bits per heavy atom. The molecule has 0 heterocycles. The summed E-state index contributed by atoms with van der Waals surface area (Å²) < 4.78 is 10.9. The first-order chi connectivity index (χ1) is 12.7. The van der Waals surface area contributed by atoms with E-state index in [0.29, 0.717) is 13.2 Å². The maximum atomic E-state index is 6.18. The van der Waals surface area contributed by atoms with Crippen molar-refractivity contribution >= 4 is 41.5 Å². The molecule has 0 aliphatic rings. The fourth-order valence-electron chi connectivity index (χ4n) is 2.52. The highest BCUT2D eigenvalue weighted by Crippen LogP contribution is 2.27. The molecule has 0 aliphatic heterocycles.